The van der Waals surface area contributed by atoms with E-state index in [1.165, 1.54) is 31.4 Å². The van der Waals surface area contributed by atoms with Gasteiger partial charge in [-0.25, -0.2) is 4.39 Å². The highest BCUT2D eigenvalue weighted by molar-refractivity contribution is 6.10. The van der Waals surface area contributed by atoms with E-state index in [-0.39, 0.29) is 17.1 Å². The summed E-state index contributed by atoms with van der Waals surface area (Å²) in [6.07, 6.45) is 0. The zero-order valence-corrected chi connectivity index (χ0v) is 10.3. The summed E-state index contributed by atoms with van der Waals surface area (Å²) in [5.74, 6) is -0.852. The normalized spacial score (nSPS) is 10.2. The topological polar surface area (TPSA) is 78.3 Å². The molecule has 0 saturated carbocycles. The zero-order chi connectivity index (χ0) is 14.0. The van der Waals surface area contributed by atoms with Crippen molar-refractivity contribution in [1.29, 1.82) is 0 Å². The summed E-state index contributed by atoms with van der Waals surface area (Å²) in [6, 6.07) is 8.56. The predicted octanol–water partition coefficient (Wildman–Crippen LogP) is 2.23. The van der Waals surface area contributed by atoms with Crippen LogP contribution >= 0.6 is 0 Å². The van der Waals surface area contributed by atoms with Crippen LogP contribution in [0.5, 0.6) is 5.75 Å². The molecule has 2 rings (SSSR count). The largest absolute Gasteiger partial charge is 0.494 e. The van der Waals surface area contributed by atoms with Crippen molar-refractivity contribution in [3.63, 3.8) is 0 Å². The van der Waals surface area contributed by atoms with Crippen LogP contribution in [0.15, 0.2) is 36.4 Å². The first-order valence-corrected chi connectivity index (χ1v) is 5.55. The number of rotatable bonds is 3. The van der Waals surface area contributed by atoms with Crippen LogP contribution < -0.4 is 16.2 Å². The highest BCUT2D eigenvalue weighted by Gasteiger charge is 2.13. The molecule has 0 bridgehead atoms. The Morgan fingerprint density at radius 3 is 2.21 bits per heavy atom. The molecule has 0 fully saturated rings. The summed E-state index contributed by atoms with van der Waals surface area (Å²) < 4.78 is 18.4. The number of carbonyl (C=O) groups is 1. The first-order valence-electron chi connectivity index (χ1n) is 5.55. The van der Waals surface area contributed by atoms with E-state index in [2.05, 4.69) is 0 Å². The van der Waals surface area contributed by atoms with Crippen LogP contribution in [0.1, 0.15) is 15.9 Å². The van der Waals surface area contributed by atoms with E-state index in [9.17, 15) is 9.18 Å². The van der Waals surface area contributed by atoms with E-state index >= 15 is 0 Å². The molecule has 2 aromatic rings. The van der Waals surface area contributed by atoms with E-state index in [0.717, 1.165) is 6.07 Å². The number of ketones is 1. The third-order valence-electron chi connectivity index (χ3n) is 2.65. The smallest absolute Gasteiger partial charge is 0.193 e. The number of carbonyl (C=O) groups excluding carboxylic acids is 1. The van der Waals surface area contributed by atoms with Gasteiger partial charge in [0, 0.05) is 22.5 Å². The van der Waals surface area contributed by atoms with E-state index < -0.39 is 5.82 Å². The van der Waals surface area contributed by atoms with Crippen molar-refractivity contribution in [2.75, 3.05) is 18.6 Å². The molecule has 0 heterocycles. The molecule has 2 aromatic carbocycles. The minimum Gasteiger partial charge on any atom is -0.494 e. The molecule has 4 N–H and O–H groups in total. The maximum atomic E-state index is 13.6. The van der Waals surface area contributed by atoms with Crippen LogP contribution in [0.3, 0.4) is 0 Å². The number of halogens is 1. The average molecular weight is 260 g/mol. The molecule has 0 aliphatic heterocycles. The number of methoxy groups -OCH3 is 1. The Morgan fingerprint density at radius 1 is 1.05 bits per heavy atom. The van der Waals surface area contributed by atoms with Crippen LogP contribution in [0.4, 0.5) is 15.8 Å². The number of ether oxygens (including phenoxy) is 1. The van der Waals surface area contributed by atoms with Gasteiger partial charge in [0.2, 0.25) is 0 Å². The standard InChI is InChI=1S/C14H13FN2O2/c1-19-13-3-2-8(6-12(13)15)14(18)9-4-10(16)7-11(17)5-9/h2-7H,16-17H2,1H3. The van der Waals surface area contributed by atoms with Crippen molar-refractivity contribution < 1.29 is 13.9 Å². The van der Waals surface area contributed by atoms with E-state index in [4.69, 9.17) is 16.2 Å². The number of hydrogen-bond acceptors (Lipinski definition) is 4. The van der Waals surface area contributed by atoms with Crippen LogP contribution in [0.25, 0.3) is 0 Å². The van der Waals surface area contributed by atoms with Gasteiger partial charge in [0.25, 0.3) is 0 Å². The minimum absolute atomic E-state index is 0.0867. The Balaban J connectivity index is 2.41. The molecule has 5 heteroatoms. The molecule has 0 amide bonds. The van der Waals surface area contributed by atoms with Gasteiger partial charge in [0.05, 0.1) is 7.11 Å². The molecule has 0 aliphatic carbocycles. The summed E-state index contributed by atoms with van der Waals surface area (Å²) >= 11 is 0. The quantitative estimate of drug-likeness (QED) is 0.655. The Labute approximate surface area is 109 Å². The predicted molar refractivity (Wildman–Crippen MR) is 71.7 cm³/mol. The average Bonchev–Trinajstić information content (AvgIpc) is 2.36. The first-order chi connectivity index (χ1) is 9.01. The lowest BCUT2D eigenvalue weighted by Crippen LogP contribution is -2.04. The molecular weight excluding hydrogens is 247 g/mol. The van der Waals surface area contributed by atoms with Crippen LogP contribution in [-0.4, -0.2) is 12.9 Å². The van der Waals surface area contributed by atoms with Gasteiger partial charge in [-0.05, 0) is 36.4 Å². The van der Waals surface area contributed by atoms with E-state index in [1.54, 1.807) is 6.07 Å². The van der Waals surface area contributed by atoms with Crippen molar-refractivity contribution >= 4 is 17.2 Å². The highest BCUT2D eigenvalue weighted by Crippen LogP contribution is 2.21. The Hall–Kier alpha value is -2.56. The SMILES string of the molecule is COc1ccc(C(=O)c2cc(N)cc(N)c2)cc1F. The lowest BCUT2D eigenvalue weighted by Gasteiger charge is -2.06. The molecule has 0 aliphatic rings. The summed E-state index contributed by atoms with van der Waals surface area (Å²) in [4.78, 5) is 12.2. The van der Waals surface area contributed by atoms with Crippen molar-refractivity contribution in [2.24, 2.45) is 0 Å². The lowest BCUT2D eigenvalue weighted by molar-refractivity contribution is 0.103. The van der Waals surface area contributed by atoms with Crippen molar-refractivity contribution in [3.8, 4) is 5.75 Å². The van der Waals surface area contributed by atoms with Gasteiger partial charge < -0.3 is 16.2 Å². The van der Waals surface area contributed by atoms with Gasteiger partial charge >= 0.3 is 0 Å². The molecule has 0 saturated heterocycles. The van der Waals surface area contributed by atoms with Crippen molar-refractivity contribution in [1.82, 2.24) is 0 Å². The van der Waals surface area contributed by atoms with Gasteiger partial charge in [-0.3, -0.25) is 4.79 Å². The van der Waals surface area contributed by atoms with Crippen LogP contribution in [0, 0.1) is 5.82 Å². The molecule has 0 spiro atoms. The molecule has 98 valence electrons. The molecule has 0 unspecified atom stereocenters. The Kier molecular flexibility index (Phi) is 3.37. The van der Waals surface area contributed by atoms with Gasteiger partial charge in [-0.15, -0.1) is 0 Å². The summed E-state index contributed by atoms with van der Waals surface area (Å²) in [7, 11) is 1.36. The second kappa shape index (κ2) is 4.97. The highest BCUT2D eigenvalue weighted by atomic mass is 19.1. The second-order valence-corrected chi connectivity index (χ2v) is 4.07. The fraction of sp³-hybridized carbons (Fsp3) is 0.0714. The third-order valence-corrected chi connectivity index (χ3v) is 2.65. The molecular formula is C14H13FN2O2. The number of benzene rings is 2. The number of hydrogen-bond donors (Lipinski definition) is 2. The van der Waals surface area contributed by atoms with Gasteiger partial charge in [-0.1, -0.05) is 0 Å². The third kappa shape index (κ3) is 2.65. The molecule has 4 nitrogen and oxygen atoms in total. The number of nitrogen functional groups attached to an aromatic ring is 2. The maximum absolute atomic E-state index is 13.6. The number of anilines is 2. The van der Waals surface area contributed by atoms with E-state index in [0.29, 0.717) is 16.9 Å². The van der Waals surface area contributed by atoms with Crippen LogP contribution in [-0.2, 0) is 0 Å². The minimum atomic E-state index is -0.592. The number of nitrogens with two attached hydrogens (primary N) is 2. The molecule has 19 heavy (non-hydrogen) atoms. The van der Waals surface area contributed by atoms with Gasteiger partial charge in [-0.2, -0.15) is 0 Å². The Bertz CT molecular complexity index is 621. The summed E-state index contributed by atoms with van der Waals surface area (Å²) in [5.41, 5.74) is 12.6. The summed E-state index contributed by atoms with van der Waals surface area (Å²) in [6.45, 7) is 0. The van der Waals surface area contributed by atoms with Crippen molar-refractivity contribution in [2.45, 2.75) is 0 Å². The molecule has 0 aromatic heterocycles. The molecule has 0 atom stereocenters. The summed E-state index contributed by atoms with van der Waals surface area (Å²) in [5, 5.41) is 0. The fourth-order valence-corrected chi connectivity index (χ4v) is 1.78. The maximum Gasteiger partial charge on any atom is 0.193 e. The van der Waals surface area contributed by atoms with Gasteiger partial charge in [0.1, 0.15) is 0 Å². The molecule has 0 radical (unpaired) electrons. The first kappa shape index (κ1) is 12.9. The van der Waals surface area contributed by atoms with Gasteiger partial charge in [0.15, 0.2) is 17.3 Å². The Morgan fingerprint density at radius 2 is 1.68 bits per heavy atom. The second-order valence-electron chi connectivity index (χ2n) is 4.07. The van der Waals surface area contributed by atoms with Crippen molar-refractivity contribution in [3.05, 3.63) is 53.3 Å². The van der Waals surface area contributed by atoms with Crippen LogP contribution in [0.2, 0.25) is 0 Å². The van der Waals surface area contributed by atoms with E-state index in [1.807, 2.05) is 0 Å². The fourth-order valence-electron chi connectivity index (χ4n) is 1.78. The zero-order valence-electron chi connectivity index (χ0n) is 10.3. The monoisotopic (exact) mass is 260 g/mol. The lowest BCUT2D eigenvalue weighted by atomic mass is 10.0.